The van der Waals surface area contributed by atoms with Gasteiger partial charge in [-0.2, -0.15) is 0 Å². The van der Waals surface area contributed by atoms with Crippen molar-refractivity contribution in [1.82, 2.24) is 5.32 Å². The van der Waals surface area contributed by atoms with Crippen LogP contribution >= 0.6 is 0 Å². The zero-order valence-corrected chi connectivity index (χ0v) is 10.7. The van der Waals surface area contributed by atoms with E-state index in [9.17, 15) is 0 Å². The summed E-state index contributed by atoms with van der Waals surface area (Å²) in [5.41, 5.74) is 1.16. The van der Waals surface area contributed by atoms with E-state index in [1.807, 2.05) is 18.2 Å². The largest absolute Gasteiger partial charge is 0.486 e. The van der Waals surface area contributed by atoms with Crippen molar-refractivity contribution in [3.63, 3.8) is 0 Å². The minimum atomic E-state index is 0.142. The van der Waals surface area contributed by atoms with Crippen molar-refractivity contribution < 1.29 is 9.47 Å². The Kier molecular flexibility index (Phi) is 4.49. The van der Waals surface area contributed by atoms with Crippen LogP contribution in [0.15, 0.2) is 18.2 Å². The predicted octanol–water partition coefficient (Wildman–Crippen LogP) is 2.35. The molecular weight excluding hydrogens is 226 g/mol. The van der Waals surface area contributed by atoms with Gasteiger partial charge in [0.1, 0.15) is 13.2 Å². The summed E-state index contributed by atoms with van der Waals surface area (Å²) < 4.78 is 11.0. The summed E-state index contributed by atoms with van der Waals surface area (Å²) in [7, 11) is 0. The molecule has 0 aromatic heterocycles. The molecule has 1 atom stereocenters. The van der Waals surface area contributed by atoms with Gasteiger partial charge in [0.15, 0.2) is 11.5 Å². The molecule has 1 unspecified atom stereocenters. The highest BCUT2D eigenvalue weighted by Crippen LogP contribution is 2.30. The summed E-state index contributed by atoms with van der Waals surface area (Å²) in [6.45, 7) is 4.13. The molecule has 0 bridgehead atoms. The molecule has 1 heterocycles. The summed E-state index contributed by atoms with van der Waals surface area (Å²) in [6, 6.07) is 6.15. The Morgan fingerprint density at radius 3 is 2.83 bits per heavy atom. The third kappa shape index (κ3) is 3.18. The van der Waals surface area contributed by atoms with E-state index in [2.05, 4.69) is 18.2 Å². The van der Waals surface area contributed by atoms with Gasteiger partial charge in [-0.25, -0.2) is 0 Å². The smallest absolute Gasteiger partial charge is 0.161 e. The second-order valence-electron chi connectivity index (χ2n) is 4.37. The summed E-state index contributed by atoms with van der Waals surface area (Å²) in [4.78, 5) is 0. The van der Waals surface area contributed by atoms with Crippen molar-refractivity contribution in [2.24, 2.45) is 0 Å². The molecule has 0 amide bonds. The van der Waals surface area contributed by atoms with Crippen molar-refractivity contribution in [3.8, 4) is 23.8 Å². The number of terminal acetylenes is 1. The predicted molar refractivity (Wildman–Crippen MR) is 71.8 cm³/mol. The van der Waals surface area contributed by atoms with Crippen molar-refractivity contribution in [2.75, 3.05) is 13.2 Å². The van der Waals surface area contributed by atoms with E-state index in [4.69, 9.17) is 15.9 Å². The molecule has 1 aliphatic heterocycles. The number of benzene rings is 1. The van der Waals surface area contributed by atoms with Crippen LogP contribution in [0.2, 0.25) is 0 Å². The van der Waals surface area contributed by atoms with Crippen LogP contribution in [0.1, 0.15) is 25.3 Å². The lowest BCUT2D eigenvalue weighted by Gasteiger charge is -2.19. The van der Waals surface area contributed by atoms with Crippen molar-refractivity contribution in [1.29, 1.82) is 0 Å². The highest BCUT2D eigenvalue weighted by atomic mass is 16.6. The van der Waals surface area contributed by atoms with Crippen LogP contribution < -0.4 is 14.8 Å². The normalized spacial score (nSPS) is 14.9. The number of hydrogen-bond acceptors (Lipinski definition) is 3. The summed E-state index contributed by atoms with van der Waals surface area (Å²) >= 11 is 0. The summed E-state index contributed by atoms with van der Waals surface area (Å²) in [6.07, 6.45) is 7.56. The molecular formula is C15H19NO2. The zero-order chi connectivity index (χ0) is 12.8. The SMILES string of the molecule is C#CC(CCC)NCc1ccc2c(c1)OCCO2. The Morgan fingerprint density at radius 1 is 1.33 bits per heavy atom. The van der Waals surface area contributed by atoms with E-state index in [0.29, 0.717) is 13.2 Å². The van der Waals surface area contributed by atoms with Crippen LogP contribution in [0, 0.1) is 12.3 Å². The highest BCUT2D eigenvalue weighted by Gasteiger charge is 2.12. The molecule has 18 heavy (non-hydrogen) atoms. The van der Waals surface area contributed by atoms with Gasteiger partial charge in [-0.05, 0) is 24.1 Å². The van der Waals surface area contributed by atoms with E-state index in [1.54, 1.807) is 0 Å². The number of rotatable bonds is 5. The molecule has 1 N–H and O–H groups in total. The van der Waals surface area contributed by atoms with Crippen molar-refractivity contribution >= 4 is 0 Å². The van der Waals surface area contributed by atoms with Crippen molar-refractivity contribution in [3.05, 3.63) is 23.8 Å². The van der Waals surface area contributed by atoms with Crippen molar-refractivity contribution in [2.45, 2.75) is 32.4 Å². The maximum Gasteiger partial charge on any atom is 0.161 e. The fourth-order valence-electron chi connectivity index (χ4n) is 1.97. The molecule has 1 aromatic carbocycles. The van der Waals surface area contributed by atoms with Crippen LogP contribution in [0.5, 0.6) is 11.5 Å². The second kappa shape index (κ2) is 6.32. The zero-order valence-electron chi connectivity index (χ0n) is 10.7. The van der Waals surface area contributed by atoms with E-state index in [-0.39, 0.29) is 6.04 Å². The Hall–Kier alpha value is -1.66. The first-order chi connectivity index (χ1) is 8.83. The molecule has 0 spiro atoms. The molecule has 2 rings (SSSR count). The monoisotopic (exact) mass is 245 g/mol. The van der Waals surface area contributed by atoms with Crippen LogP contribution in [-0.4, -0.2) is 19.3 Å². The lowest BCUT2D eigenvalue weighted by molar-refractivity contribution is 0.171. The topological polar surface area (TPSA) is 30.5 Å². The van der Waals surface area contributed by atoms with Gasteiger partial charge in [-0.15, -0.1) is 6.42 Å². The average molecular weight is 245 g/mol. The number of fused-ring (bicyclic) bond motifs is 1. The molecule has 0 fully saturated rings. The minimum absolute atomic E-state index is 0.142. The van der Waals surface area contributed by atoms with Gasteiger partial charge in [0.05, 0.1) is 6.04 Å². The van der Waals surface area contributed by atoms with E-state index >= 15 is 0 Å². The second-order valence-corrected chi connectivity index (χ2v) is 4.37. The first kappa shape index (κ1) is 12.8. The van der Waals surface area contributed by atoms with Crippen LogP contribution in [0.25, 0.3) is 0 Å². The van der Waals surface area contributed by atoms with Gasteiger partial charge >= 0.3 is 0 Å². The molecule has 3 heteroatoms. The van der Waals surface area contributed by atoms with Gasteiger partial charge in [0.25, 0.3) is 0 Å². The average Bonchev–Trinajstić information content (AvgIpc) is 2.43. The van der Waals surface area contributed by atoms with Gasteiger partial charge in [-0.3, -0.25) is 5.32 Å². The lowest BCUT2D eigenvalue weighted by atomic mass is 10.1. The Morgan fingerprint density at radius 2 is 2.11 bits per heavy atom. The van der Waals surface area contributed by atoms with Gasteiger partial charge in [-0.1, -0.05) is 25.3 Å². The Balaban J connectivity index is 1.95. The van der Waals surface area contributed by atoms with Crippen LogP contribution in [-0.2, 0) is 6.54 Å². The first-order valence-electron chi connectivity index (χ1n) is 6.41. The van der Waals surface area contributed by atoms with Gasteiger partial charge in [0.2, 0.25) is 0 Å². The number of hydrogen-bond donors (Lipinski definition) is 1. The molecule has 0 radical (unpaired) electrons. The Labute approximate surface area is 108 Å². The quantitative estimate of drug-likeness (QED) is 0.808. The molecule has 3 nitrogen and oxygen atoms in total. The fourth-order valence-corrected chi connectivity index (χ4v) is 1.97. The maximum atomic E-state index is 5.55. The molecule has 0 saturated carbocycles. The molecule has 1 aliphatic rings. The third-order valence-electron chi connectivity index (χ3n) is 2.94. The Bertz CT molecular complexity index is 437. The van der Waals surface area contributed by atoms with E-state index < -0.39 is 0 Å². The molecule has 0 saturated heterocycles. The van der Waals surface area contributed by atoms with Gasteiger partial charge in [0, 0.05) is 6.54 Å². The molecule has 96 valence electrons. The van der Waals surface area contributed by atoms with E-state index in [0.717, 1.165) is 36.4 Å². The lowest BCUT2D eigenvalue weighted by Crippen LogP contribution is -2.26. The van der Waals surface area contributed by atoms with Gasteiger partial charge < -0.3 is 9.47 Å². The fraction of sp³-hybridized carbons (Fsp3) is 0.467. The molecule has 1 aromatic rings. The molecule has 0 aliphatic carbocycles. The third-order valence-corrected chi connectivity index (χ3v) is 2.94. The first-order valence-corrected chi connectivity index (χ1v) is 6.41. The summed E-state index contributed by atoms with van der Waals surface area (Å²) in [5.74, 6) is 4.42. The van der Waals surface area contributed by atoms with Crippen LogP contribution in [0.3, 0.4) is 0 Å². The maximum absolute atomic E-state index is 5.55. The highest BCUT2D eigenvalue weighted by molar-refractivity contribution is 5.43. The van der Waals surface area contributed by atoms with Crippen LogP contribution in [0.4, 0.5) is 0 Å². The number of ether oxygens (including phenoxy) is 2. The summed E-state index contributed by atoms with van der Waals surface area (Å²) in [5, 5.41) is 3.36. The standard InChI is InChI=1S/C15H19NO2/c1-3-5-13(4-2)16-11-12-6-7-14-15(10-12)18-9-8-17-14/h2,6-7,10,13,16H,3,5,8-9,11H2,1H3. The van der Waals surface area contributed by atoms with E-state index in [1.165, 1.54) is 0 Å². The number of nitrogens with one attached hydrogen (secondary N) is 1. The minimum Gasteiger partial charge on any atom is -0.486 e.